The van der Waals surface area contributed by atoms with Crippen LogP contribution in [0, 0.1) is 11.8 Å². The fraction of sp³-hybridized carbons (Fsp3) is 0.846. The Morgan fingerprint density at radius 2 is 1.95 bits per heavy atom. The van der Waals surface area contributed by atoms with Gasteiger partial charge < -0.3 is 15.7 Å². The number of carboxylic acids is 1. The Morgan fingerprint density at radius 3 is 2.57 bits per heavy atom. The van der Waals surface area contributed by atoms with Crippen LogP contribution in [0.3, 0.4) is 0 Å². The lowest BCUT2D eigenvalue weighted by atomic mass is 9.96. The van der Waals surface area contributed by atoms with E-state index in [1.165, 1.54) is 0 Å². The van der Waals surface area contributed by atoms with Crippen molar-refractivity contribution in [3.8, 4) is 0 Å². The van der Waals surface area contributed by atoms with Gasteiger partial charge in [0.2, 0.25) is 5.91 Å². The first-order valence-electron chi connectivity index (χ1n) is 7.31. The Morgan fingerprint density at radius 1 is 1.19 bits per heavy atom. The maximum absolute atomic E-state index is 11.7. The molecular formula is C13H22N2O5S. The van der Waals surface area contributed by atoms with Crippen LogP contribution in [0.15, 0.2) is 0 Å². The SMILES string of the molecule is O=C(CNCC1CCCC1C(=O)O)NC1CCS(=O)(=O)C1. The van der Waals surface area contributed by atoms with E-state index in [1.807, 2.05) is 0 Å². The third kappa shape index (κ3) is 4.67. The van der Waals surface area contributed by atoms with Crippen LogP contribution in [0.4, 0.5) is 0 Å². The van der Waals surface area contributed by atoms with Gasteiger partial charge in [0.05, 0.1) is 24.0 Å². The van der Waals surface area contributed by atoms with Crippen LogP contribution in [-0.4, -0.2) is 56.0 Å². The number of carboxylic acid groups (broad SMARTS) is 1. The van der Waals surface area contributed by atoms with Crippen molar-refractivity contribution in [2.75, 3.05) is 24.6 Å². The van der Waals surface area contributed by atoms with Crippen molar-refractivity contribution in [1.82, 2.24) is 10.6 Å². The minimum absolute atomic E-state index is 0.0163. The first-order chi connectivity index (χ1) is 9.87. The standard InChI is InChI=1S/C13H22N2O5S/c16-12(15-10-4-5-21(19,20)8-10)7-14-6-9-2-1-3-11(9)13(17)18/h9-11,14H,1-8H2,(H,15,16)(H,17,18). The molecule has 1 aliphatic carbocycles. The highest BCUT2D eigenvalue weighted by molar-refractivity contribution is 7.91. The van der Waals surface area contributed by atoms with Crippen molar-refractivity contribution in [2.24, 2.45) is 11.8 Å². The highest BCUT2D eigenvalue weighted by Crippen LogP contribution is 2.31. The largest absolute Gasteiger partial charge is 0.481 e. The summed E-state index contributed by atoms with van der Waals surface area (Å²) in [6, 6.07) is -0.289. The molecule has 0 spiro atoms. The molecule has 1 aliphatic heterocycles. The molecule has 0 radical (unpaired) electrons. The van der Waals surface area contributed by atoms with Gasteiger partial charge in [-0.05, 0) is 31.7 Å². The molecule has 3 atom stereocenters. The fourth-order valence-electron chi connectivity index (χ4n) is 3.16. The van der Waals surface area contributed by atoms with Crippen molar-refractivity contribution in [1.29, 1.82) is 0 Å². The molecule has 7 nitrogen and oxygen atoms in total. The molecule has 1 saturated heterocycles. The second-order valence-corrected chi connectivity index (χ2v) is 8.16. The second-order valence-electron chi connectivity index (χ2n) is 5.93. The number of hydrogen-bond donors (Lipinski definition) is 3. The number of carbonyl (C=O) groups excluding carboxylic acids is 1. The lowest BCUT2D eigenvalue weighted by Gasteiger charge is -2.17. The van der Waals surface area contributed by atoms with E-state index in [2.05, 4.69) is 10.6 Å². The van der Waals surface area contributed by atoms with Gasteiger partial charge in [-0.3, -0.25) is 9.59 Å². The molecule has 0 aromatic carbocycles. The predicted octanol–water partition coefficient (Wildman–Crippen LogP) is -0.620. The Balaban J connectivity index is 1.67. The quantitative estimate of drug-likeness (QED) is 0.602. The predicted molar refractivity (Wildman–Crippen MR) is 76.5 cm³/mol. The van der Waals surface area contributed by atoms with Crippen LogP contribution in [0.1, 0.15) is 25.7 Å². The van der Waals surface area contributed by atoms with Gasteiger partial charge in [-0.1, -0.05) is 6.42 Å². The summed E-state index contributed by atoms with van der Waals surface area (Å²) in [4.78, 5) is 22.8. The van der Waals surface area contributed by atoms with E-state index in [0.717, 1.165) is 12.8 Å². The van der Waals surface area contributed by atoms with Crippen molar-refractivity contribution < 1.29 is 23.1 Å². The number of sulfone groups is 1. The Hall–Kier alpha value is -1.15. The van der Waals surface area contributed by atoms with Crippen LogP contribution in [-0.2, 0) is 19.4 Å². The summed E-state index contributed by atoms with van der Waals surface area (Å²) < 4.78 is 22.6. The summed E-state index contributed by atoms with van der Waals surface area (Å²) in [6.07, 6.45) is 2.95. The fourth-order valence-corrected chi connectivity index (χ4v) is 4.84. The van der Waals surface area contributed by atoms with E-state index in [9.17, 15) is 18.0 Å². The number of hydrogen-bond acceptors (Lipinski definition) is 5. The van der Waals surface area contributed by atoms with Gasteiger partial charge >= 0.3 is 5.97 Å². The zero-order chi connectivity index (χ0) is 15.5. The minimum atomic E-state index is -2.99. The summed E-state index contributed by atoms with van der Waals surface area (Å²) in [5.41, 5.74) is 0. The second kappa shape index (κ2) is 6.74. The molecule has 2 rings (SSSR count). The molecule has 2 aliphatic rings. The number of nitrogens with one attached hydrogen (secondary N) is 2. The molecule has 120 valence electrons. The van der Waals surface area contributed by atoms with E-state index < -0.39 is 15.8 Å². The van der Waals surface area contributed by atoms with Crippen LogP contribution >= 0.6 is 0 Å². The van der Waals surface area contributed by atoms with Gasteiger partial charge in [-0.15, -0.1) is 0 Å². The van der Waals surface area contributed by atoms with Crippen LogP contribution < -0.4 is 10.6 Å². The molecular weight excluding hydrogens is 296 g/mol. The van der Waals surface area contributed by atoms with E-state index >= 15 is 0 Å². The minimum Gasteiger partial charge on any atom is -0.481 e. The van der Waals surface area contributed by atoms with Gasteiger partial charge in [0, 0.05) is 6.04 Å². The average Bonchev–Trinajstić information content (AvgIpc) is 2.96. The van der Waals surface area contributed by atoms with Gasteiger partial charge in [0.25, 0.3) is 0 Å². The van der Waals surface area contributed by atoms with Gasteiger partial charge in [-0.25, -0.2) is 8.42 Å². The van der Waals surface area contributed by atoms with Crippen molar-refractivity contribution in [3.63, 3.8) is 0 Å². The van der Waals surface area contributed by atoms with E-state index in [4.69, 9.17) is 5.11 Å². The first kappa shape index (κ1) is 16.2. The first-order valence-corrected chi connectivity index (χ1v) is 9.13. The molecule has 1 heterocycles. The van der Waals surface area contributed by atoms with E-state index in [0.29, 0.717) is 19.4 Å². The number of carbonyl (C=O) groups is 2. The van der Waals surface area contributed by atoms with Crippen molar-refractivity contribution in [2.45, 2.75) is 31.7 Å². The molecule has 3 unspecified atom stereocenters. The molecule has 1 saturated carbocycles. The highest BCUT2D eigenvalue weighted by Gasteiger charge is 2.32. The highest BCUT2D eigenvalue weighted by atomic mass is 32.2. The molecule has 8 heteroatoms. The third-order valence-electron chi connectivity index (χ3n) is 4.27. The molecule has 3 N–H and O–H groups in total. The Labute approximate surface area is 124 Å². The van der Waals surface area contributed by atoms with Gasteiger partial charge in [-0.2, -0.15) is 0 Å². The monoisotopic (exact) mass is 318 g/mol. The van der Waals surface area contributed by atoms with Crippen LogP contribution in [0.5, 0.6) is 0 Å². The summed E-state index contributed by atoms with van der Waals surface area (Å²) in [6.45, 7) is 0.604. The normalized spacial score (nSPS) is 31.1. The number of rotatable bonds is 6. The maximum atomic E-state index is 11.7. The van der Waals surface area contributed by atoms with Gasteiger partial charge in [0.15, 0.2) is 9.84 Å². The molecule has 21 heavy (non-hydrogen) atoms. The lowest BCUT2D eigenvalue weighted by Crippen LogP contribution is -2.42. The Kier molecular flexibility index (Phi) is 5.21. The molecule has 1 amide bonds. The summed E-state index contributed by atoms with van der Waals surface area (Å²) in [5.74, 6) is -1.10. The number of aliphatic carboxylic acids is 1. The summed E-state index contributed by atoms with van der Waals surface area (Å²) in [7, 11) is -2.99. The van der Waals surface area contributed by atoms with Crippen LogP contribution in [0.2, 0.25) is 0 Å². The molecule has 0 aromatic heterocycles. The summed E-state index contributed by atoms with van der Waals surface area (Å²) >= 11 is 0. The molecule has 0 bridgehead atoms. The molecule has 0 aromatic rings. The maximum Gasteiger partial charge on any atom is 0.306 e. The average molecular weight is 318 g/mol. The topological polar surface area (TPSA) is 113 Å². The lowest BCUT2D eigenvalue weighted by molar-refractivity contribution is -0.142. The zero-order valence-corrected chi connectivity index (χ0v) is 12.7. The zero-order valence-electron chi connectivity index (χ0n) is 11.9. The smallest absolute Gasteiger partial charge is 0.306 e. The summed E-state index contributed by atoms with van der Waals surface area (Å²) in [5, 5.41) is 14.7. The van der Waals surface area contributed by atoms with Crippen LogP contribution in [0.25, 0.3) is 0 Å². The van der Waals surface area contributed by atoms with E-state index in [-0.39, 0.29) is 41.8 Å². The van der Waals surface area contributed by atoms with Gasteiger partial charge in [0.1, 0.15) is 0 Å². The number of amides is 1. The van der Waals surface area contributed by atoms with Crippen molar-refractivity contribution >= 4 is 21.7 Å². The Bertz CT molecular complexity index is 505. The van der Waals surface area contributed by atoms with Crippen molar-refractivity contribution in [3.05, 3.63) is 0 Å². The van der Waals surface area contributed by atoms with E-state index in [1.54, 1.807) is 0 Å². The molecule has 2 fully saturated rings. The third-order valence-corrected chi connectivity index (χ3v) is 6.03.